The van der Waals surface area contributed by atoms with E-state index in [4.69, 9.17) is 4.42 Å². The number of carbonyl (C=O) groups is 1. The van der Waals surface area contributed by atoms with E-state index in [0.29, 0.717) is 16.7 Å². The minimum Gasteiger partial charge on any atom is -0.465 e. The number of allylic oxidation sites excluding steroid dienone is 1. The lowest BCUT2D eigenvalue weighted by atomic mass is 10.0. The molecule has 0 saturated heterocycles. The van der Waals surface area contributed by atoms with E-state index in [9.17, 15) is 18.0 Å². The molecule has 138 valence electrons. The number of ether oxygens (including phenoxy) is 1. The molecule has 0 aliphatic rings. The molecule has 6 heteroatoms. The number of hydrogen-bond acceptors (Lipinski definition) is 3. The van der Waals surface area contributed by atoms with Crippen molar-refractivity contribution in [3.05, 3.63) is 78.4 Å². The molecule has 1 heterocycles. The molecule has 0 atom stereocenters. The summed E-state index contributed by atoms with van der Waals surface area (Å²) < 4.78 is 50.1. The zero-order chi connectivity index (χ0) is 19.6. The minimum absolute atomic E-state index is 0.0879. The molecule has 3 nitrogen and oxygen atoms in total. The summed E-state index contributed by atoms with van der Waals surface area (Å²) in [5, 5.41) is 0. The van der Waals surface area contributed by atoms with Gasteiger partial charge in [0.1, 0.15) is 11.5 Å². The van der Waals surface area contributed by atoms with Crippen LogP contribution in [0.2, 0.25) is 0 Å². The normalized spacial score (nSPS) is 11.3. The third kappa shape index (κ3) is 3.79. The van der Waals surface area contributed by atoms with E-state index < -0.39 is 17.7 Å². The van der Waals surface area contributed by atoms with Crippen LogP contribution in [0.1, 0.15) is 15.9 Å². The number of rotatable bonds is 4. The number of carbonyl (C=O) groups excluding carboxylic acids is 1. The third-order valence-corrected chi connectivity index (χ3v) is 4.03. The highest BCUT2D eigenvalue weighted by Gasteiger charge is 2.36. The maximum atomic E-state index is 13.2. The van der Waals surface area contributed by atoms with Crippen molar-refractivity contribution in [3.63, 3.8) is 0 Å². The van der Waals surface area contributed by atoms with Crippen molar-refractivity contribution in [1.82, 2.24) is 0 Å². The van der Waals surface area contributed by atoms with E-state index >= 15 is 0 Å². The fourth-order valence-electron chi connectivity index (χ4n) is 2.60. The van der Waals surface area contributed by atoms with Crippen LogP contribution in [0.25, 0.3) is 28.2 Å². The minimum atomic E-state index is -4.58. The summed E-state index contributed by atoms with van der Waals surface area (Å²) in [6.45, 7) is 3.19. The predicted octanol–water partition coefficient (Wildman–Crippen LogP) is 5.98. The summed E-state index contributed by atoms with van der Waals surface area (Å²) in [5.74, 6) is -0.173. The molecule has 3 aromatic rings. The van der Waals surface area contributed by atoms with E-state index in [1.54, 1.807) is 42.5 Å². The average molecular weight is 372 g/mol. The van der Waals surface area contributed by atoms with Crippen LogP contribution in [0.15, 0.2) is 71.7 Å². The average Bonchev–Trinajstić information content (AvgIpc) is 3.12. The molecular weight excluding hydrogens is 357 g/mol. The lowest BCUT2D eigenvalue weighted by Crippen LogP contribution is -2.09. The van der Waals surface area contributed by atoms with Crippen LogP contribution in [0.3, 0.4) is 0 Å². The Hall–Kier alpha value is -3.28. The second-order valence-electron chi connectivity index (χ2n) is 5.76. The molecule has 27 heavy (non-hydrogen) atoms. The van der Waals surface area contributed by atoms with Crippen LogP contribution < -0.4 is 0 Å². The molecule has 0 fully saturated rings. The summed E-state index contributed by atoms with van der Waals surface area (Å²) in [5.41, 5.74) is 0.260. The first-order valence-electron chi connectivity index (χ1n) is 7.95. The monoisotopic (exact) mass is 372 g/mol. The molecule has 2 aromatic carbocycles. The number of methoxy groups -OCH3 is 1. The van der Waals surface area contributed by atoms with Gasteiger partial charge in [-0.3, -0.25) is 0 Å². The van der Waals surface area contributed by atoms with E-state index in [1.165, 1.54) is 25.3 Å². The van der Waals surface area contributed by atoms with Gasteiger partial charge in [0.2, 0.25) is 0 Å². The summed E-state index contributed by atoms with van der Waals surface area (Å²) in [6.07, 6.45) is -4.58. The quantitative estimate of drug-likeness (QED) is 0.529. The highest BCUT2D eigenvalue weighted by atomic mass is 19.4. The first-order valence-corrected chi connectivity index (χ1v) is 7.95. The zero-order valence-corrected chi connectivity index (χ0v) is 14.3. The molecule has 0 radical (unpaired) electrons. The molecule has 0 aliphatic carbocycles. The van der Waals surface area contributed by atoms with Gasteiger partial charge in [0.25, 0.3) is 0 Å². The molecule has 0 unspecified atom stereocenters. The van der Waals surface area contributed by atoms with E-state index in [2.05, 4.69) is 11.3 Å². The summed E-state index contributed by atoms with van der Waals surface area (Å²) in [7, 11) is 1.27. The van der Waals surface area contributed by atoms with Crippen LogP contribution in [-0.2, 0) is 4.74 Å². The summed E-state index contributed by atoms with van der Waals surface area (Å²) >= 11 is 0. The number of furan rings is 1. The number of esters is 1. The Morgan fingerprint density at radius 1 is 1.00 bits per heavy atom. The van der Waals surface area contributed by atoms with Crippen molar-refractivity contribution < 1.29 is 27.1 Å². The number of halogens is 3. The van der Waals surface area contributed by atoms with Gasteiger partial charge < -0.3 is 9.15 Å². The molecule has 3 rings (SSSR count). The highest BCUT2D eigenvalue weighted by molar-refractivity contribution is 5.90. The Morgan fingerprint density at radius 2 is 1.63 bits per heavy atom. The molecule has 0 amide bonds. The number of benzene rings is 2. The second-order valence-corrected chi connectivity index (χ2v) is 5.76. The predicted molar refractivity (Wildman–Crippen MR) is 96.0 cm³/mol. The van der Waals surface area contributed by atoms with Gasteiger partial charge in [0.05, 0.1) is 18.2 Å². The number of alkyl halides is 3. The first kappa shape index (κ1) is 18.5. The van der Waals surface area contributed by atoms with Gasteiger partial charge in [0, 0.05) is 16.7 Å². The maximum Gasteiger partial charge on any atom is 0.416 e. The molecule has 0 aliphatic heterocycles. The van der Waals surface area contributed by atoms with Gasteiger partial charge >= 0.3 is 12.1 Å². The van der Waals surface area contributed by atoms with Crippen LogP contribution in [0.5, 0.6) is 0 Å². The SMILES string of the molecule is C=C(c1cc(-c2ccc(C(=O)OC)cc2)oc1-c1ccccc1)C(F)(F)F. The Labute approximate surface area is 153 Å². The molecule has 1 aromatic heterocycles. The van der Waals surface area contributed by atoms with E-state index in [0.717, 1.165) is 0 Å². The van der Waals surface area contributed by atoms with Crippen molar-refractivity contribution in [2.24, 2.45) is 0 Å². The van der Waals surface area contributed by atoms with Gasteiger partial charge in [0.15, 0.2) is 0 Å². The fraction of sp³-hybridized carbons (Fsp3) is 0.0952. The highest BCUT2D eigenvalue weighted by Crippen LogP contribution is 2.41. The lowest BCUT2D eigenvalue weighted by molar-refractivity contribution is -0.0686. The van der Waals surface area contributed by atoms with Gasteiger partial charge in [-0.2, -0.15) is 13.2 Å². The molecular formula is C21H15F3O3. The fourth-order valence-corrected chi connectivity index (χ4v) is 2.60. The van der Waals surface area contributed by atoms with Crippen LogP contribution in [0, 0.1) is 0 Å². The van der Waals surface area contributed by atoms with Gasteiger partial charge in [-0.05, 0) is 18.2 Å². The lowest BCUT2D eigenvalue weighted by Gasteiger charge is -2.09. The van der Waals surface area contributed by atoms with Gasteiger partial charge in [-0.15, -0.1) is 0 Å². The van der Waals surface area contributed by atoms with Gasteiger partial charge in [-0.1, -0.05) is 49.0 Å². The van der Waals surface area contributed by atoms with Crippen molar-refractivity contribution in [1.29, 1.82) is 0 Å². The zero-order valence-electron chi connectivity index (χ0n) is 14.3. The first-order chi connectivity index (χ1) is 12.8. The molecule has 0 N–H and O–H groups in total. The van der Waals surface area contributed by atoms with Crippen LogP contribution >= 0.6 is 0 Å². The second kappa shape index (κ2) is 7.15. The van der Waals surface area contributed by atoms with Crippen LogP contribution in [-0.4, -0.2) is 19.3 Å². The van der Waals surface area contributed by atoms with Crippen molar-refractivity contribution in [2.45, 2.75) is 6.18 Å². The van der Waals surface area contributed by atoms with Crippen molar-refractivity contribution in [2.75, 3.05) is 7.11 Å². The Bertz CT molecular complexity index is 968. The largest absolute Gasteiger partial charge is 0.465 e. The molecule has 0 saturated carbocycles. The standard InChI is InChI=1S/C21H15F3O3/c1-13(21(22,23)24)17-12-18(27-19(17)15-6-4-3-5-7-15)14-8-10-16(11-9-14)20(25)26-2/h3-12H,1H2,2H3. The Kier molecular flexibility index (Phi) is 4.90. The Morgan fingerprint density at radius 3 is 2.19 bits per heavy atom. The summed E-state index contributed by atoms with van der Waals surface area (Å²) in [4.78, 5) is 11.5. The smallest absolute Gasteiger partial charge is 0.416 e. The van der Waals surface area contributed by atoms with Crippen molar-refractivity contribution in [3.8, 4) is 22.6 Å². The van der Waals surface area contributed by atoms with Crippen LogP contribution in [0.4, 0.5) is 13.2 Å². The third-order valence-electron chi connectivity index (χ3n) is 4.03. The van der Waals surface area contributed by atoms with E-state index in [-0.39, 0.29) is 17.1 Å². The molecule has 0 spiro atoms. The summed E-state index contributed by atoms with van der Waals surface area (Å²) in [6, 6.07) is 16.0. The Balaban J connectivity index is 2.09. The molecule has 0 bridgehead atoms. The topological polar surface area (TPSA) is 39.4 Å². The van der Waals surface area contributed by atoms with Crippen molar-refractivity contribution >= 4 is 11.5 Å². The van der Waals surface area contributed by atoms with Gasteiger partial charge in [-0.25, -0.2) is 4.79 Å². The maximum absolute atomic E-state index is 13.2. The van der Waals surface area contributed by atoms with E-state index in [1.807, 2.05) is 0 Å². The number of hydrogen-bond donors (Lipinski definition) is 0.